The van der Waals surface area contributed by atoms with Crippen LogP contribution >= 0.6 is 11.6 Å². The Bertz CT molecular complexity index is 382. The van der Waals surface area contributed by atoms with Crippen molar-refractivity contribution in [2.75, 3.05) is 18.5 Å². The van der Waals surface area contributed by atoms with Gasteiger partial charge in [0.25, 0.3) is 5.69 Å². The number of halogens is 1. The maximum absolute atomic E-state index is 10.6. The lowest BCUT2D eigenvalue weighted by Crippen LogP contribution is -2.19. The van der Waals surface area contributed by atoms with E-state index in [4.69, 9.17) is 11.6 Å². The Labute approximate surface area is 100.0 Å². The minimum Gasteiger partial charge on any atom is -0.374 e. The summed E-state index contributed by atoms with van der Waals surface area (Å²) in [7, 11) is 1.96. The van der Waals surface area contributed by atoms with Gasteiger partial charge in [-0.15, -0.1) is 11.6 Å². The SMILES string of the molecule is CCCN(C)c1ccc([N+](=O)[O-])cc1CCl. The van der Waals surface area contributed by atoms with Crippen molar-refractivity contribution in [3.05, 3.63) is 33.9 Å². The summed E-state index contributed by atoms with van der Waals surface area (Å²) in [5.74, 6) is 0.283. The molecule has 4 nitrogen and oxygen atoms in total. The Kier molecular flexibility index (Phi) is 4.55. The van der Waals surface area contributed by atoms with Crippen molar-refractivity contribution in [1.29, 1.82) is 0 Å². The smallest absolute Gasteiger partial charge is 0.269 e. The molecule has 0 bridgehead atoms. The van der Waals surface area contributed by atoms with Crippen LogP contribution in [0.4, 0.5) is 11.4 Å². The van der Waals surface area contributed by atoms with Gasteiger partial charge in [-0.2, -0.15) is 0 Å². The van der Waals surface area contributed by atoms with E-state index in [9.17, 15) is 10.1 Å². The zero-order valence-corrected chi connectivity index (χ0v) is 10.2. The number of hydrogen-bond acceptors (Lipinski definition) is 3. The van der Waals surface area contributed by atoms with Gasteiger partial charge in [-0.25, -0.2) is 0 Å². The van der Waals surface area contributed by atoms with Crippen LogP contribution in [0.2, 0.25) is 0 Å². The van der Waals surface area contributed by atoms with Gasteiger partial charge < -0.3 is 4.90 Å². The highest BCUT2D eigenvalue weighted by Gasteiger charge is 2.12. The van der Waals surface area contributed by atoms with Crippen molar-refractivity contribution < 1.29 is 4.92 Å². The van der Waals surface area contributed by atoms with Crippen LogP contribution in [-0.4, -0.2) is 18.5 Å². The Morgan fingerprint density at radius 3 is 2.69 bits per heavy atom. The summed E-state index contributed by atoms with van der Waals surface area (Å²) in [6.07, 6.45) is 1.02. The molecule has 0 radical (unpaired) electrons. The van der Waals surface area contributed by atoms with Crippen LogP contribution in [-0.2, 0) is 5.88 Å². The number of anilines is 1. The molecule has 0 aliphatic rings. The van der Waals surface area contributed by atoms with Gasteiger partial charge in [0.05, 0.1) is 4.92 Å². The molecule has 16 heavy (non-hydrogen) atoms. The number of rotatable bonds is 5. The predicted molar refractivity (Wildman–Crippen MR) is 66.2 cm³/mol. The lowest BCUT2D eigenvalue weighted by Gasteiger charge is -2.20. The van der Waals surface area contributed by atoms with Crippen LogP contribution in [0.5, 0.6) is 0 Å². The lowest BCUT2D eigenvalue weighted by molar-refractivity contribution is -0.384. The first-order chi connectivity index (χ1) is 7.60. The monoisotopic (exact) mass is 242 g/mol. The van der Waals surface area contributed by atoms with Crippen molar-refractivity contribution >= 4 is 23.0 Å². The van der Waals surface area contributed by atoms with E-state index < -0.39 is 4.92 Å². The quantitative estimate of drug-likeness (QED) is 0.453. The van der Waals surface area contributed by atoms with Crippen LogP contribution in [0, 0.1) is 10.1 Å². The maximum Gasteiger partial charge on any atom is 0.269 e. The zero-order valence-electron chi connectivity index (χ0n) is 9.44. The van der Waals surface area contributed by atoms with Gasteiger partial charge in [-0.3, -0.25) is 10.1 Å². The largest absolute Gasteiger partial charge is 0.374 e. The van der Waals surface area contributed by atoms with Crippen molar-refractivity contribution in [3.63, 3.8) is 0 Å². The standard InChI is InChI=1S/C11H15ClN2O2/c1-3-6-13(2)11-5-4-10(14(15)16)7-9(11)8-12/h4-5,7H,3,6,8H2,1-2H3. The van der Waals surface area contributed by atoms with E-state index >= 15 is 0 Å². The molecule has 1 aromatic rings. The molecular formula is C11H15ClN2O2. The van der Waals surface area contributed by atoms with Gasteiger partial charge in [0.2, 0.25) is 0 Å². The molecule has 0 spiro atoms. The molecule has 0 heterocycles. The van der Waals surface area contributed by atoms with Gasteiger partial charge >= 0.3 is 0 Å². The van der Waals surface area contributed by atoms with Crippen molar-refractivity contribution in [1.82, 2.24) is 0 Å². The summed E-state index contributed by atoms with van der Waals surface area (Å²) in [5, 5.41) is 10.6. The van der Waals surface area contributed by atoms with Crippen LogP contribution < -0.4 is 4.90 Å². The first-order valence-electron chi connectivity index (χ1n) is 5.14. The van der Waals surface area contributed by atoms with Crippen LogP contribution in [0.1, 0.15) is 18.9 Å². The van der Waals surface area contributed by atoms with E-state index in [1.54, 1.807) is 6.07 Å². The highest BCUT2D eigenvalue weighted by Crippen LogP contribution is 2.26. The number of nitro groups is 1. The number of nitro benzene ring substituents is 1. The molecule has 0 N–H and O–H groups in total. The van der Waals surface area contributed by atoms with E-state index in [1.165, 1.54) is 12.1 Å². The Hall–Kier alpha value is -1.29. The summed E-state index contributed by atoms with van der Waals surface area (Å²) >= 11 is 5.80. The van der Waals surface area contributed by atoms with E-state index in [0.29, 0.717) is 0 Å². The first kappa shape index (κ1) is 12.8. The van der Waals surface area contributed by atoms with Gasteiger partial charge in [0, 0.05) is 37.3 Å². The van der Waals surface area contributed by atoms with Crippen LogP contribution in [0.15, 0.2) is 18.2 Å². The van der Waals surface area contributed by atoms with E-state index in [1.807, 2.05) is 7.05 Å². The summed E-state index contributed by atoms with van der Waals surface area (Å²) in [5.41, 5.74) is 1.85. The third-order valence-corrected chi connectivity index (χ3v) is 2.68. The van der Waals surface area contributed by atoms with E-state index in [2.05, 4.69) is 11.8 Å². The fourth-order valence-corrected chi connectivity index (χ4v) is 1.83. The topological polar surface area (TPSA) is 46.4 Å². The first-order valence-corrected chi connectivity index (χ1v) is 5.68. The predicted octanol–water partition coefficient (Wildman–Crippen LogP) is 3.18. The second kappa shape index (κ2) is 5.70. The molecule has 0 unspecified atom stereocenters. The van der Waals surface area contributed by atoms with Gasteiger partial charge in [0.15, 0.2) is 0 Å². The Morgan fingerprint density at radius 2 is 2.19 bits per heavy atom. The molecule has 88 valence electrons. The van der Waals surface area contributed by atoms with E-state index in [-0.39, 0.29) is 11.6 Å². The highest BCUT2D eigenvalue weighted by atomic mass is 35.5. The van der Waals surface area contributed by atoms with Crippen molar-refractivity contribution in [2.45, 2.75) is 19.2 Å². The highest BCUT2D eigenvalue weighted by molar-refractivity contribution is 6.17. The number of hydrogen-bond donors (Lipinski definition) is 0. The Balaban J connectivity index is 3.06. The van der Waals surface area contributed by atoms with Gasteiger partial charge in [-0.05, 0) is 18.1 Å². The molecule has 0 saturated heterocycles. The van der Waals surface area contributed by atoms with E-state index in [0.717, 1.165) is 24.2 Å². The second-order valence-corrected chi connectivity index (χ2v) is 3.89. The molecule has 0 fully saturated rings. The lowest BCUT2D eigenvalue weighted by atomic mass is 10.1. The summed E-state index contributed by atoms with van der Waals surface area (Å²) in [6.45, 7) is 2.99. The molecule has 1 rings (SSSR count). The van der Waals surface area contributed by atoms with Gasteiger partial charge in [0.1, 0.15) is 0 Å². The number of benzene rings is 1. The summed E-state index contributed by atoms with van der Waals surface area (Å²) in [6, 6.07) is 4.80. The van der Waals surface area contributed by atoms with Crippen LogP contribution in [0.25, 0.3) is 0 Å². The maximum atomic E-state index is 10.6. The van der Waals surface area contributed by atoms with Gasteiger partial charge in [-0.1, -0.05) is 6.92 Å². The number of nitrogens with zero attached hydrogens (tertiary/aromatic N) is 2. The number of alkyl halides is 1. The number of non-ortho nitro benzene ring substituents is 1. The third-order valence-electron chi connectivity index (χ3n) is 2.39. The third kappa shape index (κ3) is 2.85. The molecule has 0 amide bonds. The molecule has 0 atom stereocenters. The van der Waals surface area contributed by atoms with Crippen molar-refractivity contribution in [3.8, 4) is 0 Å². The summed E-state index contributed by atoms with van der Waals surface area (Å²) in [4.78, 5) is 12.3. The van der Waals surface area contributed by atoms with Crippen molar-refractivity contribution in [2.24, 2.45) is 0 Å². The Morgan fingerprint density at radius 1 is 1.50 bits per heavy atom. The average molecular weight is 243 g/mol. The molecular weight excluding hydrogens is 228 g/mol. The molecule has 5 heteroatoms. The fourth-order valence-electron chi connectivity index (χ4n) is 1.62. The van der Waals surface area contributed by atoms with Crippen LogP contribution in [0.3, 0.4) is 0 Å². The molecule has 1 aromatic carbocycles. The zero-order chi connectivity index (χ0) is 12.1. The minimum absolute atomic E-state index is 0.0873. The second-order valence-electron chi connectivity index (χ2n) is 3.63. The molecule has 0 saturated carbocycles. The molecule has 0 aromatic heterocycles. The average Bonchev–Trinajstić information content (AvgIpc) is 2.28. The molecule has 0 aliphatic carbocycles. The minimum atomic E-state index is -0.403. The fraction of sp³-hybridized carbons (Fsp3) is 0.455. The normalized spacial score (nSPS) is 10.2. The summed E-state index contributed by atoms with van der Waals surface area (Å²) < 4.78 is 0. The molecule has 0 aliphatic heterocycles.